The molecule has 0 amide bonds. The zero-order valence-corrected chi connectivity index (χ0v) is 30.7. The SMILES string of the molecule is CCCCCCCCc1ccc(-c2ccc(-c3ccc(-c4ccc(-c5ccc([Si](OCC)(OCC)OCC)s5)s4)s3)s2)s1. The molecular formula is C34H42O3S5Si. The van der Waals surface area contributed by atoms with Crippen molar-refractivity contribution in [1.82, 2.24) is 0 Å². The zero-order valence-electron chi connectivity index (χ0n) is 25.6. The van der Waals surface area contributed by atoms with E-state index in [-0.39, 0.29) is 0 Å². The summed E-state index contributed by atoms with van der Waals surface area (Å²) in [6.45, 7) is 10.0. The monoisotopic (exact) mass is 686 g/mol. The van der Waals surface area contributed by atoms with Crippen LogP contribution in [0, 0.1) is 0 Å². The van der Waals surface area contributed by atoms with Crippen molar-refractivity contribution in [2.24, 2.45) is 0 Å². The lowest BCUT2D eigenvalue weighted by Gasteiger charge is -2.27. The van der Waals surface area contributed by atoms with Crippen LogP contribution in [0.3, 0.4) is 0 Å². The molecule has 0 unspecified atom stereocenters. The lowest BCUT2D eigenvalue weighted by atomic mass is 10.1. The van der Waals surface area contributed by atoms with E-state index in [0.29, 0.717) is 19.8 Å². The number of rotatable bonds is 18. The summed E-state index contributed by atoms with van der Waals surface area (Å²) < 4.78 is 19.5. The third kappa shape index (κ3) is 8.25. The van der Waals surface area contributed by atoms with E-state index in [0.717, 1.165) is 4.50 Å². The van der Waals surface area contributed by atoms with E-state index in [9.17, 15) is 0 Å². The van der Waals surface area contributed by atoms with Crippen LogP contribution in [0.2, 0.25) is 0 Å². The van der Waals surface area contributed by atoms with Crippen molar-refractivity contribution >= 4 is 70.0 Å². The maximum Gasteiger partial charge on any atom is 0.547 e. The van der Waals surface area contributed by atoms with Gasteiger partial charge in [-0.15, -0.1) is 56.7 Å². The first-order chi connectivity index (χ1) is 21.1. The van der Waals surface area contributed by atoms with Gasteiger partial charge in [-0.1, -0.05) is 39.0 Å². The number of aryl methyl sites for hydroxylation is 1. The van der Waals surface area contributed by atoms with Crippen molar-refractivity contribution < 1.29 is 13.3 Å². The van der Waals surface area contributed by atoms with Crippen molar-refractivity contribution in [1.29, 1.82) is 0 Å². The molecule has 0 aliphatic heterocycles. The van der Waals surface area contributed by atoms with E-state index < -0.39 is 8.80 Å². The van der Waals surface area contributed by atoms with Crippen LogP contribution in [0.15, 0.2) is 60.7 Å². The highest BCUT2D eigenvalue weighted by atomic mass is 32.1. The zero-order chi connectivity index (χ0) is 30.1. The molecule has 0 radical (unpaired) electrons. The molecule has 0 spiro atoms. The molecule has 230 valence electrons. The maximum atomic E-state index is 6.14. The molecule has 0 aliphatic carbocycles. The Morgan fingerprint density at radius 1 is 0.442 bits per heavy atom. The molecule has 3 nitrogen and oxygen atoms in total. The highest BCUT2D eigenvalue weighted by Crippen LogP contribution is 2.44. The van der Waals surface area contributed by atoms with Gasteiger partial charge in [-0.3, -0.25) is 0 Å². The molecule has 5 aromatic heterocycles. The summed E-state index contributed by atoms with van der Waals surface area (Å²) in [4.78, 5) is 12.1. The fourth-order valence-electron chi connectivity index (χ4n) is 5.08. The minimum Gasteiger partial charge on any atom is -0.370 e. The minimum absolute atomic E-state index is 0.572. The Bertz CT molecular complexity index is 1520. The topological polar surface area (TPSA) is 27.7 Å². The van der Waals surface area contributed by atoms with Crippen molar-refractivity contribution in [3.63, 3.8) is 0 Å². The molecule has 0 aromatic carbocycles. The molecule has 9 heteroatoms. The van der Waals surface area contributed by atoms with Gasteiger partial charge in [-0.05, 0) is 94.3 Å². The Hall–Kier alpha value is -1.40. The minimum atomic E-state index is -2.88. The van der Waals surface area contributed by atoms with Crippen LogP contribution >= 0.6 is 56.7 Å². The van der Waals surface area contributed by atoms with Crippen LogP contribution in [-0.2, 0) is 19.7 Å². The molecular weight excluding hydrogens is 645 g/mol. The van der Waals surface area contributed by atoms with Crippen LogP contribution in [-0.4, -0.2) is 28.6 Å². The molecule has 0 atom stereocenters. The highest BCUT2D eigenvalue weighted by Gasteiger charge is 2.44. The Kier molecular flexibility index (Phi) is 12.5. The van der Waals surface area contributed by atoms with E-state index in [1.165, 1.54) is 88.8 Å². The average Bonchev–Trinajstić information content (AvgIpc) is 3.84. The van der Waals surface area contributed by atoms with Gasteiger partial charge in [-0.25, -0.2) is 0 Å². The molecule has 5 heterocycles. The van der Waals surface area contributed by atoms with Crippen molar-refractivity contribution in [2.45, 2.75) is 72.6 Å². The fourth-order valence-corrected chi connectivity index (χ4v) is 13.7. The quantitative estimate of drug-likeness (QED) is 0.0678. The molecule has 0 bridgehead atoms. The lowest BCUT2D eigenvalue weighted by Crippen LogP contribution is -2.55. The standard InChI is InChI=1S/C34H42O3S5Si/c1-5-9-10-11-12-13-14-25-15-16-26(38-25)27-17-18-28(39-27)29-19-20-30(40-29)31-21-22-32(41-31)33-23-24-34(42-33)43(35-6-2,36-7-3)37-8-4/h15-24H,5-14H2,1-4H3. The third-order valence-electron chi connectivity index (χ3n) is 7.14. The van der Waals surface area contributed by atoms with E-state index >= 15 is 0 Å². The molecule has 0 aliphatic rings. The predicted molar refractivity (Wildman–Crippen MR) is 195 cm³/mol. The van der Waals surface area contributed by atoms with Crippen molar-refractivity contribution in [3.05, 3.63) is 65.5 Å². The van der Waals surface area contributed by atoms with Gasteiger partial charge in [0.1, 0.15) is 0 Å². The number of unbranched alkanes of at least 4 members (excludes halogenated alkanes) is 5. The first-order valence-corrected chi connectivity index (χ1v) is 21.3. The summed E-state index contributed by atoms with van der Waals surface area (Å²) in [6.07, 6.45) is 9.34. The molecule has 43 heavy (non-hydrogen) atoms. The molecule has 0 N–H and O–H groups in total. The van der Waals surface area contributed by atoms with Gasteiger partial charge < -0.3 is 13.3 Å². The van der Waals surface area contributed by atoms with Gasteiger partial charge in [0.05, 0.1) is 4.50 Å². The molecule has 0 saturated carbocycles. The highest BCUT2D eigenvalue weighted by molar-refractivity contribution is 7.31. The van der Waals surface area contributed by atoms with E-state index in [2.05, 4.69) is 67.6 Å². The van der Waals surface area contributed by atoms with Gasteiger partial charge in [0, 0.05) is 63.7 Å². The number of thiophene rings is 5. The smallest absolute Gasteiger partial charge is 0.370 e. The first kappa shape index (κ1) is 33.0. The van der Waals surface area contributed by atoms with Gasteiger partial charge in [0.15, 0.2) is 0 Å². The van der Waals surface area contributed by atoms with Crippen molar-refractivity contribution in [2.75, 3.05) is 19.8 Å². The Balaban J connectivity index is 1.24. The van der Waals surface area contributed by atoms with Crippen molar-refractivity contribution in [3.8, 4) is 39.0 Å². The molecule has 0 saturated heterocycles. The van der Waals surface area contributed by atoms with Gasteiger partial charge in [0.25, 0.3) is 0 Å². The fraction of sp³-hybridized carbons (Fsp3) is 0.412. The third-order valence-corrected chi connectivity index (χ3v) is 17.1. The number of hydrogen-bond acceptors (Lipinski definition) is 8. The van der Waals surface area contributed by atoms with Gasteiger partial charge >= 0.3 is 8.80 Å². The Morgan fingerprint density at radius 2 is 0.837 bits per heavy atom. The summed E-state index contributed by atoms with van der Waals surface area (Å²) in [7, 11) is -2.88. The molecule has 5 rings (SSSR count). The van der Waals surface area contributed by atoms with E-state index in [1.807, 2.05) is 66.1 Å². The second-order valence-electron chi connectivity index (χ2n) is 10.3. The second kappa shape index (κ2) is 16.2. The van der Waals surface area contributed by atoms with Gasteiger partial charge in [-0.2, -0.15) is 0 Å². The Labute approximate surface area is 278 Å². The lowest BCUT2D eigenvalue weighted by molar-refractivity contribution is 0.0866. The normalized spacial score (nSPS) is 12.0. The number of hydrogen-bond donors (Lipinski definition) is 0. The van der Waals surface area contributed by atoms with Crippen LogP contribution in [0.1, 0.15) is 71.1 Å². The Morgan fingerprint density at radius 3 is 1.33 bits per heavy atom. The largest absolute Gasteiger partial charge is 0.547 e. The molecule has 5 aromatic rings. The van der Waals surface area contributed by atoms with Gasteiger partial charge in [0.2, 0.25) is 0 Å². The van der Waals surface area contributed by atoms with E-state index in [1.54, 1.807) is 11.3 Å². The summed E-state index contributed by atoms with van der Waals surface area (Å²) in [5.74, 6) is 0. The van der Waals surface area contributed by atoms with Crippen LogP contribution in [0.25, 0.3) is 39.0 Å². The van der Waals surface area contributed by atoms with Crippen LogP contribution in [0.5, 0.6) is 0 Å². The predicted octanol–water partition coefficient (Wildman–Crippen LogP) is 11.8. The average molecular weight is 687 g/mol. The van der Waals surface area contributed by atoms with E-state index in [4.69, 9.17) is 13.3 Å². The first-order valence-electron chi connectivity index (χ1n) is 15.5. The summed E-state index contributed by atoms with van der Waals surface area (Å²) in [5, 5.41) is 0. The van der Waals surface area contributed by atoms with Crippen LogP contribution < -0.4 is 4.50 Å². The summed E-state index contributed by atoms with van der Waals surface area (Å²) >= 11 is 9.35. The maximum absolute atomic E-state index is 6.14. The summed E-state index contributed by atoms with van der Waals surface area (Å²) in [6, 6.07) is 22.6. The molecule has 0 fully saturated rings. The summed E-state index contributed by atoms with van der Waals surface area (Å²) in [5.41, 5.74) is 0. The van der Waals surface area contributed by atoms with Crippen LogP contribution in [0.4, 0.5) is 0 Å². The second-order valence-corrected chi connectivity index (χ2v) is 18.7.